The van der Waals surface area contributed by atoms with Crippen molar-refractivity contribution in [2.75, 3.05) is 0 Å². The van der Waals surface area contributed by atoms with Crippen LogP contribution in [0.4, 0.5) is 13.2 Å². The molecule has 0 aliphatic carbocycles. The lowest BCUT2D eigenvalue weighted by molar-refractivity contribution is -0.137. The van der Waals surface area contributed by atoms with Gasteiger partial charge >= 0.3 is 12.1 Å². The molecule has 24 heavy (non-hydrogen) atoms. The van der Waals surface area contributed by atoms with Crippen LogP contribution in [-0.2, 0) is 6.18 Å². The summed E-state index contributed by atoms with van der Waals surface area (Å²) in [5.41, 5.74) is -0.993. The highest BCUT2D eigenvalue weighted by atomic mass is 19.4. The molecule has 0 aliphatic rings. The Morgan fingerprint density at radius 3 is 2.58 bits per heavy atom. The van der Waals surface area contributed by atoms with Gasteiger partial charge in [0.25, 0.3) is 5.88 Å². The molecule has 0 amide bonds. The Bertz CT molecular complexity index is 928. The molecule has 0 saturated heterocycles. The highest BCUT2D eigenvalue weighted by molar-refractivity contribution is 6.04. The molecule has 3 aromatic rings. The van der Waals surface area contributed by atoms with Crippen LogP contribution in [0.25, 0.3) is 10.9 Å². The molecule has 9 heteroatoms. The Kier molecular flexibility index (Phi) is 3.76. The summed E-state index contributed by atoms with van der Waals surface area (Å²) in [5.74, 6) is -2.05. The number of pyridine rings is 1. The van der Waals surface area contributed by atoms with Gasteiger partial charge in [-0.2, -0.15) is 13.2 Å². The van der Waals surface area contributed by atoms with E-state index >= 15 is 0 Å². The molecular weight excluding hydrogens is 327 g/mol. The number of alkyl halides is 3. The number of carboxylic acid groups (broad SMARTS) is 1. The number of carbonyl (C=O) groups is 1. The van der Waals surface area contributed by atoms with E-state index in [1.165, 1.54) is 6.07 Å². The van der Waals surface area contributed by atoms with E-state index in [2.05, 4.69) is 15.2 Å². The smallest absolute Gasteiger partial charge is 0.418 e. The Morgan fingerprint density at radius 2 is 1.88 bits per heavy atom. The van der Waals surface area contributed by atoms with E-state index in [4.69, 9.17) is 4.74 Å². The highest BCUT2D eigenvalue weighted by Gasteiger charge is 2.31. The molecule has 1 aromatic carbocycles. The molecule has 0 spiro atoms. The minimum Gasteiger partial charge on any atom is -0.477 e. The molecule has 0 aliphatic heterocycles. The Morgan fingerprint density at radius 1 is 1.12 bits per heavy atom. The van der Waals surface area contributed by atoms with Crippen molar-refractivity contribution in [3.8, 4) is 11.6 Å². The van der Waals surface area contributed by atoms with E-state index in [0.717, 1.165) is 6.20 Å². The van der Waals surface area contributed by atoms with Crippen molar-refractivity contribution in [2.45, 2.75) is 6.18 Å². The van der Waals surface area contributed by atoms with E-state index in [1.54, 1.807) is 18.2 Å². The molecule has 0 saturated carbocycles. The lowest BCUT2D eigenvalue weighted by Crippen LogP contribution is -2.07. The number of hydrogen-bond acceptors (Lipinski definition) is 5. The van der Waals surface area contributed by atoms with Crippen LogP contribution in [0.1, 0.15) is 15.9 Å². The SMILES string of the molecule is O=C(O)c1c(Oc2cncc(C(F)(F)F)c2)nnc2ccccc12. The van der Waals surface area contributed by atoms with E-state index in [1.807, 2.05) is 0 Å². The first-order chi connectivity index (χ1) is 11.4. The molecule has 6 nitrogen and oxygen atoms in total. The van der Waals surface area contributed by atoms with Crippen LogP contribution in [-0.4, -0.2) is 26.3 Å². The zero-order valence-corrected chi connectivity index (χ0v) is 11.8. The molecule has 0 radical (unpaired) electrons. The van der Waals surface area contributed by atoms with Crippen molar-refractivity contribution >= 4 is 16.9 Å². The minimum absolute atomic E-state index is 0.259. The van der Waals surface area contributed by atoms with E-state index < -0.39 is 23.6 Å². The van der Waals surface area contributed by atoms with Gasteiger partial charge in [0.05, 0.1) is 17.3 Å². The van der Waals surface area contributed by atoms with Crippen molar-refractivity contribution in [2.24, 2.45) is 0 Å². The van der Waals surface area contributed by atoms with E-state index in [0.29, 0.717) is 17.8 Å². The Balaban J connectivity index is 2.08. The monoisotopic (exact) mass is 335 g/mol. The third kappa shape index (κ3) is 2.96. The molecular formula is C15H8F3N3O3. The van der Waals surface area contributed by atoms with Gasteiger partial charge in [-0.05, 0) is 12.1 Å². The van der Waals surface area contributed by atoms with E-state index in [9.17, 15) is 23.1 Å². The molecule has 1 N–H and O–H groups in total. The second-order valence-corrected chi connectivity index (χ2v) is 4.71. The quantitative estimate of drug-likeness (QED) is 0.788. The number of aromatic carboxylic acids is 1. The summed E-state index contributed by atoms with van der Waals surface area (Å²) in [6, 6.07) is 7.02. The second-order valence-electron chi connectivity index (χ2n) is 4.71. The molecule has 122 valence electrons. The minimum atomic E-state index is -4.60. The van der Waals surface area contributed by atoms with Crippen molar-refractivity contribution in [1.82, 2.24) is 15.2 Å². The standard InChI is InChI=1S/C15H8F3N3O3/c16-15(17,18)8-5-9(7-19-6-8)24-13-12(14(22)23)10-3-1-2-4-11(10)20-21-13/h1-7H,(H,22,23). The number of rotatable bonds is 3. The first-order valence-corrected chi connectivity index (χ1v) is 6.55. The normalized spacial score (nSPS) is 11.5. The van der Waals surface area contributed by atoms with Gasteiger partial charge in [-0.3, -0.25) is 4.98 Å². The maximum atomic E-state index is 12.7. The van der Waals surface area contributed by atoms with Gasteiger partial charge in [-0.1, -0.05) is 18.2 Å². The molecule has 2 aromatic heterocycles. The Labute approximate surface area is 132 Å². The fourth-order valence-corrected chi connectivity index (χ4v) is 2.06. The third-order valence-corrected chi connectivity index (χ3v) is 3.10. The Hall–Kier alpha value is -3.23. The zero-order valence-electron chi connectivity index (χ0n) is 11.8. The largest absolute Gasteiger partial charge is 0.477 e. The summed E-state index contributed by atoms with van der Waals surface area (Å²) in [4.78, 5) is 15.0. The van der Waals surface area contributed by atoms with Gasteiger partial charge in [0.1, 0.15) is 11.3 Å². The molecule has 3 rings (SSSR count). The molecule has 0 fully saturated rings. The number of halogens is 3. The second kappa shape index (κ2) is 5.76. The number of carboxylic acids is 1. The van der Waals surface area contributed by atoms with Crippen LogP contribution in [0.2, 0.25) is 0 Å². The van der Waals surface area contributed by atoms with Gasteiger partial charge in [-0.25, -0.2) is 4.79 Å². The molecule has 2 heterocycles. The van der Waals surface area contributed by atoms with Crippen LogP contribution < -0.4 is 4.74 Å². The predicted octanol–water partition coefficient (Wildman–Crippen LogP) is 3.53. The van der Waals surface area contributed by atoms with Crippen molar-refractivity contribution < 1.29 is 27.8 Å². The van der Waals surface area contributed by atoms with Crippen molar-refractivity contribution in [1.29, 1.82) is 0 Å². The average molecular weight is 335 g/mol. The molecule has 0 bridgehead atoms. The number of hydrogen-bond donors (Lipinski definition) is 1. The fraction of sp³-hybridized carbons (Fsp3) is 0.0667. The fourth-order valence-electron chi connectivity index (χ4n) is 2.06. The number of aromatic nitrogens is 3. The average Bonchev–Trinajstić information content (AvgIpc) is 2.53. The van der Waals surface area contributed by atoms with Gasteiger partial charge in [0.15, 0.2) is 0 Å². The summed E-state index contributed by atoms with van der Waals surface area (Å²) >= 11 is 0. The summed E-state index contributed by atoms with van der Waals surface area (Å²) < 4.78 is 43.3. The zero-order chi connectivity index (χ0) is 17.3. The van der Waals surface area contributed by atoms with Gasteiger partial charge < -0.3 is 9.84 Å². The maximum absolute atomic E-state index is 12.7. The third-order valence-electron chi connectivity index (χ3n) is 3.10. The topological polar surface area (TPSA) is 85.2 Å². The lowest BCUT2D eigenvalue weighted by Gasteiger charge is -2.11. The van der Waals surface area contributed by atoms with Crippen molar-refractivity contribution in [3.05, 3.63) is 53.9 Å². The van der Waals surface area contributed by atoms with Crippen LogP contribution in [0, 0.1) is 0 Å². The molecule has 0 unspecified atom stereocenters. The molecule has 0 atom stereocenters. The summed E-state index contributed by atoms with van der Waals surface area (Å²) in [7, 11) is 0. The van der Waals surface area contributed by atoms with Gasteiger partial charge in [-0.15, -0.1) is 10.2 Å². The van der Waals surface area contributed by atoms with Crippen LogP contribution in [0.5, 0.6) is 11.6 Å². The number of fused-ring (bicyclic) bond motifs is 1. The lowest BCUT2D eigenvalue weighted by atomic mass is 10.1. The van der Waals surface area contributed by atoms with E-state index in [-0.39, 0.29) is 16.7 Å². The summed E-state index contributed by atoms with van der Waals surface area (Å²) in [6.07, 6.45) is -2.94. The maximum Gasteiger partial charge on any atom is 0.418 e. The van der Waals surface area contributed by atoms with Crippen LogP contribution in [0.15, 0.2) is 42.7 Å². The highest BCUT2D eigenvalue weighted by Crippen LogP contribution is 2.33. The van der Waals surface area contributed by atoms with Crippen molar-refractivity contribution in [3.63, 3.8) is 0 Å². The predicted molar refractivity (Wildman–Crippen MR) is 75.8 cm³/mol. The summed E-state index contributed by atoms with van der Waals surface area (Å²) in [6.45, 7) is 0. The first kappa shape index (κ1) is 15.7. The number of benzene rings is 1. The number of ether oxygens (including phenoxy) is 1. The number of nitrogens with zero attached hydrogens (tertiary/aromatic N) is 3. The van der Waals surface area contributed by atoms with Crippen LogP contribution in [0.3, 0.4) is 0 Å². The van der Waals surface area contributed by atoms with Gasteiger partial charge in [0.2, 0.25) is 0 Å². The summed E-state index contributed by atoms with van der Waals surface area (Å²) in [5, 5.41) is 17.1. The first-order valence-electron chi connectivity index (χ1n) is 6.55. The van der Waals surface area contributed by atoms with Gasteiger partial charge in [0, 0.05) is 11.6 Å². The van der Waals surface area contributed by atoms with Crippen LogP contribution >= 0.6 is 0 Å².